The number of benzene rings is 2. The highest BCUT2D eigenvalue weighted by Crippen LogP contribution is 2.67. The van der Waals surface area contributed by atoms with Gasteiger partial charge in [0, 0.05) is 48.8 Å². The summed E-state index contributed by atoms with van der Waals surface area (Å²) in [7, 11) is 2.71. The van der Waals surface area contributed by atoms with Crippen molar-refractivity contribution in [2.45, 2.75) is 192 Å². The number of ketones is 1. The highest BCUT2D eigenvalue weighted by Gasteiger charge is 2.74. The summed E-state index contributed by atoms with van der Waals surface area (Å²) in [5.74, 6) is 2.15. The molecule has 0 amide bonds. The first-order valence-electron chi connectivity index (χ1n) is 23.3. The molecule has 0 radical (unpaired) electrons. The van der Waals surface area contributed by atoms with Crippen molar-refractivity contribution in [1.82, 2.24) is 15.1 Å². The first-order chi connectivity index (χ1) is 30.1. The van der Waals surface area contributed by atoms with E-state index in [0.717, 1.165) is 80.4 Å². The van der Waals surface area contributed by atoms with E-state index in [1.807, 2.05) is 12.1 Å². The van der Waals surface area contributed by atoms with E-state index in [0.29, 0.717) is 37.2 Å². The van der Waals surface area contributed by atoms with Crippen LogP contribution < -0.4 is 32.9 Å². The molecule has 10 aliphatic rings. The van der Waals surface area contributed by atoms with Crippen molar-refractivity contribution >= 4 is 17.7 Å². The monoisotopic (exact) mass is 988 g/mol. The Morgan fingerprint density at radius 3 is 1.70 bits per heavy atom. The second kappa shape index (κ2) is 20.8. The Morgan fingerprint density at radius 1 is 0.739 bits per heavy atom. The molecule has 11 atom stereocenters. The van der Waals surface area contributed by atoms with Crippen LogP contribution in [0.15, 0.2) is 24.3 Å². The van der Waals surface area contributed by atoms with Gasteiger partial charge in [0.1, 0.15) is 18.2 Å². The number of carbonyl (C=O) groups excluding carboxylic acids is 3. The number of ether oxygens (including phenoxy) is 4. The fourth-order valence-electron chi connectivity index (χ4n) is 13.7. The van der Waals surface area contributed by atoms with Gasteiger partial charge in [-0.25, -0.2) is 0 Å². The summed E-state index contributed by atoms with van der Waals surface area (Å²) < 4.78 is 21.7. The highest BCUT2D eigenvalue weighted by atomic mass is 35.5. The molecule has 4 heterocycles. The molecule has 390 valence electrons. The van der Waals surface area contributed by atoms with Gasteiger partial charge in [-0.05, 0) is 133 Å². The fourth-order valence-corrected chi connectivity index (χ4v) is 13.7. The zero-order chi connectivity index (χ0) is 44.4. The minimum Gasteiger partial charge on any atom is -1.00 e. The van der Waals surface area contributed by atoms with Crippen molar-refractivity contribution < 1.29 is 66.2 Å². The molecule has 16 heteroatoms. The van der Waals surface area contributed by atoms with Gasteiger partial charge >= 0.3 is 11.9 Å². The number of nitrogens with one attached hydrogen (secondary N) is 1. The van der Waals surface area contributed by atoms with E-state index in [1.54, 1.807) is 26.0 Å². The minimum absolute atomic E-state index is 0. The molecule has 15 nitrogen and oxygen atoms in total. The minimum atomic E-state index is -0.940. The number of likely N-dealkylation sites (tertiary alicyclic amines) is 2. The molecule has 6 aliphatic carbocycles. The summed E-state index contributed by atoms with van der Waals surface area (Å²) in [5, 5.41) is 48.8. The van der Waals surface area contributed by atoms with Crippen LogP contribution in [0.3, 0.4) is 0 Å². The molecule has 4 bridgehead atoms. The smallest absolute Gasteiger partial charge is 0.322 e. The lowest BCUT2D eigenvalue weighted by molar-refractivity contribution is -0.192. The summed E-state index contributed by atoms with van der Waals surface area (Å²) in [4.78, 5) is 40.0. The topological polar surface area (TPSA) is 214 Å². The Hall–Kier alpha value is -3.70. The van der Waals surface area contributed by atoms with E-state index in [-0.39, 0.29) is 103 Å². The van der Waals surface area contributed by atoms with Crippen molar-refractivity contribution in [2.75, 3.05) is 40.4 Å². The quantitative estimate of drug-likeness (QED) is 0.210. The van der Waals surface area contributed by atoms with E-state index < -0.39 is 40.2 Å². The zero-order valence-corrected chi connectivity index (χ0v) is 38.1. The van der Waals surface area contributed by atoms with Crippen molar-refractivity contribution in [3.8, 4) is 23.0 Å². The van der Waals surface area contributed by atoms with E-state index >= 15 is 0 Å². The third kappa shape index (κ3) is 8.61. The van der Waals surface area contributed by atoms with Gasteiger partial charge in [0.05, 0.1) is 36.3 Å². The molecule has 2 aromatic carbocycles. The Morgan fingerprint density at radius 2 is 1.22 bits per heavy atom. The molecule has 4 aliphatic heterocycles. The average molecular weight is 989 g/mol. The van der Waals surface area contributed by atoms with Gasteiger partial charge in [-0.3, -0.25) is 29.5 Å². The summed E-state index contributed by atoms with van der Waals surface area (Å²) in [5.41, 5.74) is 6.26. The normalized spacial score (nSPS) is 33.8. The van der Waals surface area contributed by atoms with E-state index in [1.165, 1.54) is 45.5 Å². The number of piperidine rings is 2. The lowest BCUT2D eigenvalue weighted by Crippen LogP contribution is -3.00. The van der Waals surface area contributed by atoms with Crippen molar-refractivity contribution in [3.63, 3.8) is 0 Å². The van der Waals surface area contributed by atoms with Crippen LogP contribution in [0.2, 0.25) is 0 Å². The molecule has 6 fully saturated rings. The number of phenols is 2. The largest absolute Gasteiger partial charge is 1.00 e. The number of hydrogen-bond acceptors (Lipinski definition) is 15. The van der Waals surface area contributed by atoms with E-state index in [4.69, 9.17) is 19.9 Å². The summed E-state index contributed by atoms with van der Waals surface area (Å²) in [6.45, 7) is 7.32. The van der Waals surface area contributed by atoms with E-state index in [9.17, 15) is 34.8 Å². The summed E-state index contributed by atoms with van der Waals surface area (Å²) in [6.07, 6.45) is 9.54. The number of Topliss-reactive ketones (excluding diaryl/α,β-unsaturated/α-hetero) is 1. The second-order valence-corrected chi connectivity index (χ2v) is 20.4. The second-order valence-electron chi connectivity index (χ2n) is 20.4. The zero-order valence-electron chi connectivity index (χ0n) is 37.3. The maximum atomic E-state index is 12.7. The van der Waals surface area contributed by atoms with Gasteiger partial charge in [0.25, 0.3) is 0 Å². The number of carbonyl (C=O) groups is 3. The number of aliphatic hydroxyl groups is 2. The number of halogens is 1. The van der Waals surface area contributed by atoms with E-state index in [2.05, 4.69) is 19.9 Å². The van der Waals surface area contributed by atoms with Crippen LogP contribution in [0.1, 0.15) is 137 Å². The lowest BCUT2D eigenvalue weighted by Gasteiger charge is -2.64. The Kier molecular flexibility index (Phi) is 17.4. The highest BCUT2D eigenvalue weighted by molar-refractivity contribution is 5.90. The molecule has 0 unspecified atom stereocenters. The van der Waals surface area contributed by atoms with Crippen molar-refractivity contribution in [3.05, 3.63) is 46.5 Å². The molecule has 12 rings (SSSR count). The molecule has 2 aromatic rings. The molecule has 2 saturated heterocycles. The van der Waals surface area contributed by atoms with Crippen molar-refractivity contribution in [1.29, 1.82) is 0 Å². The first kappa shape index (κ1) is 57.9. The number of esters is 2. The van der Waals surface area contributed by atoms with Crippen LogP contribution in [0, 0.1) is 11.8 Å². The van der Waals surface area contributed by atoms with Gasteiger partial charge in [0.2, 0.25) is 0 Å². The SMILES string of the molecule is C.C.C.C.C.COC(=O)[C@@H](C)N.COC(=O)[C@@H](C)N[C@H]1CC[C@@]2(O)[C@H]3Cc4ccc(O)c5c4[C@@]2(CCN3CC2CC2)[C@H]1O5.O=C1CC[C@@]2(O)[C@H]3Cc4ccc(O)c5c4[C@@]2(CCN3CC2CC2)[C@H]1O5.[Cl-]. The molecule has 4 saturated carbocycles. The van der Waals surface area contributed by atoms with Crippen LogP contribution in [-0.2, 0) is 47.5 Å². The van der Waals surface area contributed by atoms with Gasteiger partial charge < -0.3 is 57.5 Å². The van der Waals surface area contributed by atoms with Crippen LogP contribution in [0.25, 0.3) is 0 Å². The molecule has 69 heavy (non-hydrogen) atoms. The Balaban J connectivity index is 0.000000249. The predicted octanol–water partition coefficient (Wildman–Crippen LogP) is 2.69. The number of aromatic hydroxyl groups is 2. The summed E-state index contributed by atoms with van der Waals surface area (Å²) in [6, 6.07) is 6.43. The molecule has 0 aromatic heterocycles. The lowest BCUT2D eigenvalue weighted by atomic mass is 9.48. The average Bonchev–Trinajstić information content (AvgIpc) is 4.20. The Labute approximate surface area is 417 Å². The molecule has 2 spiro atoms. The fraction of sp³-hybridized carbons (Fsp3) is 0.717. The van der Waals surface area contributed by atoms with Crippen LogP contribution in [0.4, 0.5) is 0 Å². The number of hydrogen-bond donors (Lipinski definition) is 6. The predicted molar refractivity (Wildman–Crippen MR) is 262 cm³/mol. The first-order valence-corrected chi connectivity index (χ1v) is 23.3. The van der Waals surface area contributed by atoms with Gasteiger partial charge in [0.15, 0.2) is 34.9 Å². The van der Waals surface area contributed by atoms with Gasteiger partial charge in [-0.15, -0.1) is 0 Å². The van der Waals surface area contributed by atoms with Gasteiger partial charge in [-0.2, -0.15) is 0 Å². The number of phenolic OH excluding ortho intramolecular Hbond substituents is 2. The van der Waals surface area contributed by atoms with Crippen LogP contribution in [-0.4, -0.2) is 142 Å². The number of rotatable bonds is 8. The molecular formula is C53H84ClN4O11-. The van der Waals surface area contributed by atoms with Crippen molar-refractivity contribution in [2.24, 2.45) is 17.6 Å². The summed E-state index contributed by atoms with van der Waals surface area (Å²) >= 11 is 0. The standard InChI is InChI=1S/C24H32N2O5.C20H23NO4.C4H9NO2.5CH4.ClH/c1-13(22(28)30-2)25-16-7-8-24(29)18-11-15-5-6-17(27)20-19(15)23(24,21(16)31-20)9-10-26(18)12-14-3-4-14;22-13-4-3-12-9-15-20(24)6-5-14(23)18-19(20,16(12)17(13)25-18)7-8-21(15)10-11-1-2-11;1-3(5)4(6)7-2;;;;;;/h5-6,13-14,16,18,21,25,27,29H,3-4,7-12H2,1-2H3;3-4,11,15,18,22,24H,1-2,5-10H2;3H,5H2,1-2H3;5*1H4;1H/p-1/t13-,16+,18-,21+,23+,24-;15-,18+,19+,20-;3-;;;;;;/m111....../s1. The third-order valence-electron chi connectivity index (χ3n) is 16.9. The number of nitrogens with two attached hydrogens (primary N) is 1. The molecule has 7 N–H and O–H groups in total. The van der Waals surface area contributed by atoms with Gasteiger partial charge in [-0.1, -0.05) is 49.3 Å². The Bertz CT molecular complexity index is 2210. The number of nitrogens with zero attached hydrogens (tertiary/aromatic N) is 2. The maximum absolute atomic E-state index is 12.7. The van der Waals surface area contributed by atoms with Crippen LogP contribution in [0.5, 0.6) is 23.0 Å². The molecular weight excluding hydrogens is 904 g/mol. The van der Waals surface area contributed by atoms with Crippen LogP contribution >= 0.6 is 0 Å². The number of methoxy groups -OCH3 is 2. The third-order valence-corrected chi connectivity index (χ3v) is 16.9. The maximum Gasteiger partial charge on any atom is 0.322 e.